The first-order valence-corrected chi connectivity index (χ1v) is 6.65. The van der Waals surface area contributed by atoms with Gasteiger partial charge in [0, 0.05) is 23.0 Å². The van der Waals surface area contributed by atoms with Crippen LogP contribution in [0.5, 0.6) is 0 Å². The number of rotatable bonds is 5. The second-order valence-electron chi connectivity index (χ2n) is 4.32. The molecule has 0 bridgehead atoms. The zero-order chi connectivity index (χ0) is 15.2. The van der Waals surface area contributed by atoms with Crippen molar-refractivity contribution in [1.29, 1.82) is 5.41 Å². The predicted octanol–water partition coefficient (Wildman–Crippen LogP) is 3.67. The molecule has 0 unspecified atom stereocenters. The van der Waals surface area contributed by atoms with E-state index in [-0.39, 0.29) is 5.57 Å². The highest BCUT2D eigenvalue weighted by Gasteiger charge is 2.03. The van der Waals surface area contributed by atoms with Crippen LogP contribution in [0.1, 0.15) is 0 Å². The normalized spacial score (nSPS) is 11.0. The van der Waals surface area contributed by atoms with Crippen LogP contribution in [0.15, 0.2) is 65.2 Å². The topological polar surface area (TPSA) is 73.2 Å². The lowest BCUT2D eigenvalue weighted by molar-refractivity contribution is -0.132. The number of benzene rings is 2. The summed E-state index contributed by atoms with van der Waals surface area (Å²) in [4.78, 5) is 11.7. The molecule has 0 aliphatic heterocycles. The quantitative estimate of drug-likeness (QED) is 0.386. The molecule has 0 aromatic heterocycles. The van der Waals surface area contributed by atoms with Crippen LogP contribution < -0.4 is 5.32 Å². The van der Waals surface area contributed by atoms with Gasteiger partial charge in [0.25, 0.3) is 0 Å². The Balaban J connectivity index is 2.26. The zero-order valence-electron chi connectivity index (χ0n) is 11.1. The summed E-state index contributed by atoms with van der Waals surface area (Å²) in [5.74, 6) is -1.14. The Morgan fingerprint density at radius 1 is 1.14 bits per heavy atom. The molecule has 0 amide bonds. The van der Waals surface area contributed by atoms with Crippen molar-refractivity contribution >= 4 is 30.5 Å². The van der Waals surface area contributed by atoms with E-state index in [2.05, 4.69) is 17.9 Å². The molecule has 3 N–H and O–H groups in total. The molecule has 0 heterocycles. The third-order valence-corrected chi connectivity index (χ3v) is 3.12. The Hall–Kier alpha value is -2.53. The van der Waals surface area contributed by atoms with E-state index in [1.807, 2.05) is 48.5 Å². The van der Waals surface area contributed by atoms with Gasteiger partial charge in [-0.2, -0.15) is 0 Å². The van der Waals surface area contributed by atoms with Gasteiger partial charge < -0.3 is 15.8 Å². The van der Waals surface area contributed by atoms with Gasteiger partial charge in [0.1, 0.15) is 0 Å². The summed E-state index contributed by atoms with van der Waals surface area (Å²) < 4.78 is 0. The minimum absolute atomic E-state index is 0.113. The van der Waals surface area contributed by atoms with Crippen molar-refractivity contribution in [2.24, 2.45) is 0 Å². The molecule has 106 valence electrons. The van der Waals surface area contributed by atoms with E-state index in [1.165, 1.54) is 6.20 Å². The van der Waals surface area contributed by atoms with Crippen molar-refractivity contribution in [2.45, 2.75) is 4.90 Å². The number of carboxylic acids is 1. The second kappa shape index (κ2) is 6.76. The Labute approximate surface area is 128 Å². The molecule has 21 heavy (non-hydrogen) atoms. The van der Waals surface area contributed by atoms with Crippen LogP contribution in [-0.2, 0) is 4.79 Å². The van der Waals surface area contributed by atoms with Crippen LogP contribution in [0.25, 0.3) is 11.1 Å². The fourth-order valence-electron chi connectivity index (χ4n) is 1.80. The fourth-order valence-corrected chi connectivity index (χ4v) is 2.03. The third kappa shape index (κ3) is 3.97. The maximum atomic E-state index is 10.8. The first kappa shape index (κ1) is 14.9. The van der Waals surface area contributed by atoms with Crippen molar-refractivity contribution < 1.29 is 9.90 Å². The summed E-state index contributed by atoms with van der Waals surface area (Å²) in [6.45, 7) is 0. The van der Waals surface area contributed by atoms with Gasteiger partial charge in [0.2, 0.25) is 0 Å². The van der Waals surface area contributed by atoms with E-state index in [1.54, 1.807) is 0 Å². The Bertz CT molecular complexity index is 711. The van der Waals surface area contributed by atoms with E-state index in [0.29, 0.717) is 0 Å². The first-order chi connectivity index (χ1) is 10.1. The number of hydrogen-bond donors (Lipinski definition) is 4. The number of anilines is 1. The van der Waals surface area contributed by atoms with Crippen LogP contribution in [-0.4, -0.2) is 17.3 Å². The molecule has 0 spiro atoms. The Kier molecular flexibility index (Phi) is 4.79. The summed E-state index contributed by atoms with van der Waals surface area (Å²) in [6.07, 6.45) is 2.09. The number of carbonyl (C=O) groups is 1. The van der Waals surface area contributed by atoms with Gasteiger partial charge in [-0.3, -0.25) is 0 Å². The van der Waals surface area contributed by atoms with Crippen molar-refractivity contribution in [2.75, 3.05) is 5.32 Å². The van der Waals surface area contributed by atoms with Crippen LogP contribution >= 0.6 is 12.6 Å². The van der Waals surface area contributed by atoms with E-state index in [0.717, 1.165) is 27.9 Å². The Morgan fingerprint density at radius 3 is 2.43 bits per heavy atom. The monoisotopic (exact) mass is 298 g/mol. The summed E-state index contributed by atoms with van der Waals surface area (Å²) in [5, 5.41) is 18.8. The molecule has 0 aliphatic rings. The standard InChI is InChI=1S/C16H14N2O2S/c17-9-13(16(19)20)10-18-14-5-1-3-11(7-14)12-4-2-6-15(21)8-12/h1-10,17-18,21H,(H,19,20)/b13-10+,17-9?. The average molecular weight is 298 g/mol. The predicted molar refractivity (Wildman–Crippen MR) is 87.3 cm³/mol. The van der Waals surface area contributed by atoms with Crippen molar-refractivity contribution in [3.8, 4) is 11.1 Å². The highest BCUT2D eigenvalue weighted by atomic mass is 32.1. The molecular formula is C16H14N2O2S. The van der Waals surface area contributed by atoms with Gasteiger partial charge in [-0.15, -0.1) is 12.6 Å². The van der Waals surface area contributed by atoms with Crippen LogP contribution in [0.4, 0.5) is 5.69 Å². The number of hydrogen-bond acceptors (Lipinski definition) is 4. The smallest absolute Gasteiger partial charge is 0.338 e. The summed E-state index contributed by atoms with van der Waals surface area (Å²) in [6, 6.07) is 15.3. The SMILES string of the molecule is N=C/C(=C\Nc1cccc(-c2cccc(S)c2)c1)C(=O)O. The van der Waals surface area contributed by atoms with Crippen molar-refractivity contribution in [3.63, 3.8) is 0 Å². The number of nitrogens with one attached hydrogen (secondary N) is 2. The van der Waals surface area contributed by atoms with Gasteiger partial charge in [-0.25, -0.2) is 4.79 Å². The molecule has 0 radical (unpaired) electrons. The molecule has 5 heteroatoms. The van der Waals surface area contributed by atoms with Gasteiger partial charge in [0.15, 0.2) is 0 Å². The molecule has 2 rings (SSSR count). The lowest BCUT2D eigenvalue weighted by Gasteiger charge is -2.06. The highest BCUT2D eigenvalue weighted by Crippen LogP contribution is 2.24. The summed E-state index contributed by atoms with van der Waals surface area (Å²) >= 11 is 4.32. The molecule has 2 aromatic rings. The van der Waals surface area contributed by atoms with E-state index in [4.69, 9.17) is 10.5 Å². The van der Waals surface area contributed by atoms with E-state index >= 15 is 0 Å². The van der Waals surface area contributed by atoms with Crippen molar-refractivity contribution in [3.05, 3.63) is 60.3 Å². The number of carboxylic acid groups (broad SMARTS) is 1. The maximum Gasteiger partial charge on any atom is 0.338 e. The van der Waals surface area contributed by atoms with Gasteiger partial charge in [0.05, 0.1) is 5.57 Å². The van der Waals surface area contributed by atoms with Crippen molar-refractivity contribution in [1.82, 2.24) is 0 Å². The lowest BCUT2D eigenvalue weighted by atomic mass is 10.1. The summed E-state index contributed by atoms with van der Waals surface area (Å²) in [7, 11) is 0. The highest BCUT2D eigenvalue weighted by molar-refractivity contribution is 7.80. The molecule has 2 aromatic carbocycles. The second-order valence-corrected chi connectivity index (χ2v) is 4.84. The van der Waals surface area contributed by atoms with Gasteiger partial charge in [-0.05, 0) is 35.4 Å². The van der Waals surface area contributed by atoms with Crippen LogP contribution in [0, 0.1) is 5.41 Å². The van der Waals surface area contributed by atoms with E-state index < -0.39 is 5.97 Å². The lowest BCUT2D eigenvalue weighted by Crippen LogP contribution is -2.04. The molecule has 0 aliphatic carbocycles. The van der Waals surface area contributed by atoms with Crippen LogP contribution in [0.2, 0.25) is 0 Å². The zero-order valence-corrected chi connectivity index (χ0v) is 12.0. The first-order valence-electron chi connectivity index (χ1n) is 6.20. The molecule has 0 saturated heterocycles. The number of thiol groups is 1. The molecule has 4 nitrogen and oxygen atoms in total. The van der Waals surface area contributed by atoms with Gasteiger partial charge >= 0.3 is 5.97 Å². The Morgan fingerprint density at radius 2 is 1.81 bits per heavy atom. The molecular weight excluding hydrogens is 284 g/mol. The van der Waals surface area contributed by atoms with Crippen LogP contribution in [0.3, 0.4) is 0 Å². The maximum absolute atomic E-state index is 10.8. The minimum atomic E-state index is -1.14. The molecule has 0 saturated carbocycles. The molecule has 0 atom stereocenters. The van der Waals surface area contributed by atoms with E-state index in [9.17, 15) is 4.79 Å². The van der Waals surface area contributed by atoms with Gasteiger partial charge in [-0.1, -0.05) is 24.3 Å². The largest absolute Gasteiger partial charge is 0.478 e. The molecule has 0 fully saturated rings. The number of aliphatic carboxylic acids is 1. The average Bonchev–Trinajstić information content (AvgIpc) is 2.48. The fraction of sp³-hybridized carbons (Fsp3) is 0. The third-order valence-electron chi connectivity index (χ3n) is 2.84. The summed E-state index contributed by atoms with van der Waals surface area (Å²) in [5.41, 5.74) is 2.66. The minimum Gasteiger partial charge on any atom is -0.478 e.